The van der Waals surface area contributed by atoms with Gasteiger partial charge in [0.05, 0.1) is 0 Å². The van der Waals surface area contributed by atoms with Crippen molar-refractivity contribution < 1.29 is 28.9 Å². The molecule has 0 heterocycles. The van der Waals surface area contributed by atoms with Crippen molar-refractivity contribution in [2.45, 2.75) is 31.3 Å². The van der Waals surface area contributed by atoms with Crippen LogP contribution in [0.4, 0.5) is 0 Å². The average Bonchev–Trinajstić information content (AvgIpc) is 1.95. The smallest absolute Gasteiger partial charge is 0.366 e. The van der Waals surface area contributed by atoms with Gasteiger partial charge in [0.15, 0.2) is 0 Å². The van der Waals surface area contributed by atoms with Crippen LogP contribution < -0.4 is 0 Å². The van der Waals surface area contributed by atoms with E-state index in [0.717, 1.165) is 6.66 Å². The molecule has 0 bridgehead atoms. The van der Waals surface area contributed by atoms with Crippen LogP contribution in [0, 0.1) is 0 Å². The highest BCUT2D eigenvalue weighted by molar-refractivity contribution is 7.74. The molecule has 0 fully saturated rings. The van der Waals surface area contributed by atoms with E-state index in [4.69, 9.17) is 14.7 Å². The molecule has 6 nitrogen and oxygen atoms in total. The topological polar surface area (TPSA) is 115 Å². The zero-order valence-corrected chi connectivity index (χ0v) is 9.91. The average molecular weight is 246 g/mol. The first kappa shape index (κ1) is 14.3. The fraction of sp³-hybridized carbons (Fsp3) is 1.00. The van der Waals surface area contributed by atoms with Gasteiger partial charge < -0.3 is 19.8 Å². The second kappa shape index (κ2) is 4.44. The van der Waals surface area contributed by atoms with E-state index in [1.165, 1.54) is 0 Å². The molecule has 0 saturated carbocycles. The first-order valence-corrected chi connectivity index (χ1v) is 7.86. The van der Waals surface area contributed by atoms with Crippen LogP contribution in [0.3, 0.4) is 0 Å². The summed E-state index contributed by atoms with van der Waals surface area (Å²) in [7, 11) is -9.24. The number of unbranched alkanes of at least 4 members (excludes halogenated alkanes) is 1. The van der Waals surface area contributed by atoms with Gasteiger partial charge in [0, 0.05) is 6.66 Å². The molecular weight excluding hydrogens is 230 g/mol. The largest absolute Gasteiger partial charge is 0.369 e. The summed E-state index contributed by atoms with van der Waals surface area (Å²) in [5.41, 5.74) is 0. The number of aliphatic hydroxyl groups is 1. The molecule has 0 aliphatic heterocycles. The van der Waals surface area contributed by atoms with Gasteiger partial charge in [-0.25, -0.2) is 0 Å². The molecule has 2 atom stereocenters. The highest BCUT2D eigenvalue weighted by Gasteiger charge is 2.55. The van der Waals surface area contributed by atoms with Crippen molar-refractivity contribution in [1.82, 2.24) is 0 Å². The fourth-order valence-electron chi connectivity index (χ4n) is 1.01. The predicted octanol–water partition coefficient (Wildman–Crippen LogP) is 0.901. The third-order valence-corrected chi connectivity index (χ3v) is 6.60. The lowest BCUT2D eigenvalue weighted by molar-refractivity contribution is 0.139. The maximum atomic E-state index is 11.2. The lowest BCUT2D eigenvalue weighted by atomic mass is 10.3. The van der Waals surface area contributed by atoms with Crippen LogP contribution in [-0.4, -0.2) is 31.5 Å². The molecule has 0 aromatic heterocycles. The van der Waals surface area contributed by atoms with Crippen LogP contribution in [0.25, 0.3) is 0 Å². The third kappa shape index (κ3) is 2.89. The van der Waals surface area contributed by atoms with E-state index in [2.05, 4.69) is 0 Å². The van der Waals surface area contributed by atoms with Crippen molar-refractivity contribution in [1.29, 1.82) is 0 Å². The van der Waals surface area contributed by atoms with Gasteiger partial charge in [0.1, 0.15) is 0 Å². The van der Waals surface area contributed by atoms with Crippen LogP contribution in [0.5, 0.6) is 0 Å². The van der Waals surface area contributed by atoms with E-state index in [1.807, 2.05) is 0 Å². The Labute approximate surface area is 82.6 Å². The van der Waals surface area contributed by atoms with Gasteiger partial charge in [-0.05, 0) is 12.8 Å². The van der Waals surface area contributed by atoms with Crippen molar-refractivity contribution in [3.05, 3.63) is 0 Å². The Bertz CT molecular complexity index is 254. The summed E-state index contributed by atoms with van der Waals surface area (Å²) in [6, 6.07) is 0. The van der Waals surface area contributed by atoms with Crippen LogP contribution in [-0.2, 0) is 9.13 Å². The Kier molecular flexibility index (Phi) is 4.53. The molecule has 0 spiro atoms. The van der Waals surface area contributed by atoms with E-state index in [0.29, 0.717) is 6.42 Å². The minimum atomic E-state index is -5.00. The molecule has 14 heavy (non-hydrogen) atoms. The van der Waals surface area contributed by atoms with E-state index in [-0.39, 0.29) is 12.8 Å². The Hall–Kier alpha value is 0.300. The minimum absolute atomic E-state index is 0.278. The Balaban J connectivity index is 5.08. The van der Waals surface area contributed by atoms with Gasteiger partial charge in [-0.1, -0.05) is 13.3 Å². The number of rotatable bonds is 5. The second-order valence-corrected chi connectivity index (χ2v) is 7.98. The molecular formula is C6H16O6P2. The molecule has 0 aliphatic carbocycles. The Morgan fingerprint density at radius 1 is 1.21 bits per heavy atom. The van der Waals surface area contributed by atoms with Crippen LogP contribution >= 0.6 is 15.0 Å². The van der Waals surface area contributed by atoms with Gasteiger partial charge in [-0.2, -0.15) is 0 Å². The maximum Gasteiger partial charge on any atom is 0.366 e. The van der Waals surface area contributed by atoms with E-state index >= 15 is 0 Å². The first-order valence-electron chi connectivity index (χ1n) is 4.14. The minimum Gasteiger partial charge on any atom is -0.369 e. The van der Waals surface area contributed by atoms with Crippen LogP contribution in [0.1, 0.15) is 26.2 Å². The molecule has 8 heteroatoms. The Morgan fingerprint density at radius 3 is 1.86 bits per heavy atom. The lowest BCUT2D eigenvalue weighted by Crippen LogP contribution is -2.28. The normalized spacial score (nSPS) is 21.3. The zero-order valence-electron chi connectivity index (χ0n) is 8.12. The lowest BCUT2D eigenvalue weighted by Gasteiger charge is -2.30. The SMILES string of the molecule is CCCCC(O)(P(C)(=O)O)P(=O)(O)O. The predicted molar refractivity (Wildman–Crippen MR) is 52.3 cm³/mol. The summed E-state index contributed by atoms with van der Waals surface area (Å²) >= 11 is 0. The number of hydrogen-bond acceptors (Lipinski definition) is 3. The molecule has 0 aliphatic rings. The summed E-state index contributed by atoms with van der Waals surface area (Å²) in [4.78, 5) is 26.8. The van der Waals surface area contributed by atoms with Crippen molar-refractivity contribution in [2.75, 3.05) is 6.66 Å². The van der Waals surface area contributed by atoms with Gasteiger partial charge in [-0.15, -0.1) is 0 Å². The summed E-state index contributed by atoms with van der Waals surface area (Å²) in [6.07, 6.45) is 0.473. The van der Waals surface area contributed by atoms with Crippen LogP contribution in [0.2, 0.25) is 0 Å². The summed E-state index contributed by atoms with van der Waals surface area (Å²) in [6.45, 7) is 2.50. The standard InChI is InChI=1S/C6H16O6P2/c1-3-4-5-6(7,13(2,8)9)14(10,11)12/h7H,3-5H2,1-2H3,(H,8,9)(H2,10,11,12). The Morgan fingerprint density at radius 2 is 1.64 bits per heavy atom. The van der Waals surface area contributed by atoms with Gasteiger partial charge in [0.2, 0.25) is 12.5 Å². The molecule has 0 rings (SSSR count). The molecule has 4 N–H and O–H groups in total. The molecule has 0 amide bonds. The molecule has 0 saturated heterocycles. The van der Waals surface area contributed by atoms with Crippen molar-refractivity contribution in [3.63, 3.8) is 0 Å². The van der Waals surface area contributed by atoms with Crippen molar-refractivity contribution in [2.24, 2.45) is 0 Å². The van der Waals surface area contributed by atoms with Gasteiger partial charge >= 0.3 is 7.60 Å². The number of hydrogen-bond donors (Lipinski definition) is 4. The van der Waals surface area contributed by atoms with Crippen molar-refractivity contribution in [3.8, 4) is 0 Å². The highest BCUT2D eigenvalue weighted by Crippen LogP contribution is 2.69. The van der Waals surface area contributed by atoms with Crippen LogP contribution in [0.15, 0.2) is 0 Å². The summed E-state index contributed by atoms with van der Waals surface area (Å²) in [5, 5.41) is 6.74. The fourth-order valence-corrected chi connectivity index (χ4v) is 3.96. The highest BCUT2D eigenvalue weighted by atomic mass is 31.2. The van der Waals surface area contributed by atoms with Gasteiger partial charge in [-0.3, -0.25) is 9.13 Å². The third-order valence-electron chi connectivity index (χ3n) is 2.00. The maximum absolute atomic E-state index is 11.2. The monoisotopic (exact) mass is 246 g/mol. The van der Waals surface area contributed by atoms with E-state index < -0.39 is 20.0 Å². The molecule has 2 unspecified atom stereocenters. The quantitative estimate of drug-likeness (QED) is 0.536. The van der Waals surface area contributed by atoms with Crippen molar-refractivity contribution >= 4 is 15.0 Å². The molecule has 0 aromatic carbocycles. The second-order valence-electron chi connectivity index (χ2n) is 3.30. The summed E-state index contributed by atoms with van der Waals surface area (Å²) < 4.78 is 22.1. The zero-order chi connectivity index (χ0) is 11.6. The molecule has 86 valence electrons. The molecule has 0 aromatic rings. The molecule has 0 radical (unpaired) electrons. The van der Waals surface area contributed by atoms with E-state index in [9.17, 15) is 14.2 Å². The first-order chi connectivity index (χ1) is 6.06. The van der Waals surface area contributed by atoms with E-state index in [1.54, 1.807) is 6.92 Å². The van der Waals surface area contributed by atoms with Gasteiger partial charge in [0.25, 0.3) is 0 Å². The summed E-state index contributed by atoms with van der Waals surface area (Å²) in [5.74, 6) is 0.